The van der Waals surface area contributed by atoms with Crippen LogP contribution in [0.25, 0.3) is 0 Å². The second-order valence-electron chi connectivity index (χ2n) is 4.77. The summed E-state index contributed by atoms with van der Waals surface area (Å²) < 4.78 is 13.8. The van der Waals surface area contributed by atoms with Crippen molar-refractivity contribution >= 4 is 21.8 Å². The van der Waals surface area contributed by atoms with Crippen molar-refractivity contribution in [2.45, 2.75) is 19.4 Å². The maximum Gasteiger partial charge on any atom is 0.124 e. The van der Waals surface area contributed by atoms with Crippen LogP contribution in [0.3, 0.4) is 0 Å². The van der Waals surface area contributed by atoms with Gasteiger partial charge in [-0.1, -0.05) is 22.0 Å². The second-order valence-corrected chi connectivity index (χ2v) is 5.62. The van der Waals surface area contributed by atoms with Crippen LogP contribution in [0.4, 0.5) is 4.39 Å². The zero-order valence-electron chi connectivity index (χ0n) is 10.1. The van der Waals surface area contributed by atoms with Crippen molar-refractivity contribution in [2.24, 2.45) is 11.7 Å². The number of nitrogens with one attached hydrogen (secondary N) is 1. The van der Waals surface area contributed by atoms with Crippen molar-refractivity contribution in [1.29, 1.82) is 5.41 Å². The molecule has 0 aliphatic carbocycles. The molecule has 3 N–H and O–H groups in total. The molecule has 5 heteroatoms. The molecule has 0 spiro atoms. The SMILES string of the molecule is N=C(N)C1CCCN(Cc2ccc(F)cc2Br)C1. The number of halogens is 2. The highest BCUT2D eigenvalue weighted by atomic mass is 79.9. The average molecular weight is 314 g/mol. The Balaban J connectivity index is 2.02. The fourth-order valence-electron chi connectivity index (χ4n) is 2.34. The molecule has 0 bridgehead atoms. The lowest BCUT2D eigenvalue weighted by atomic mass is 9.96. The average Bonchev–Trinajstić information content (AvgIpc) is 2.33. The minimum absolute atomic E-state index is 0.165. The van der Waals surface area contributed by atoms with Crippen LogP contribution in [0.1, 0.15) is 18.4 Å². The summed E-state index contributed by atoms with van der Waals surface area (Å²) in [4.78, 5) is 2.27. The van der Waals surface area contributed by atoms with E-state index in [0.717, 1.165) is 42.5 Å². The fourth-order valence-corrected chi connectivity index (χ4v) is 2.82. The Hall–Kier alpha value is -0.940. The van der Waals surface area contributed by atoms with E-state index in [1.165, 1.54) is 12.1 Å². The van der Waals surface area contributed by atoms with E-state index in [0.29, 0.717) is 0 Å². The van der Waals surface area contributed by atoms with Crippen molar-refractivity contribution in [3.05, 3.63) is 34.1 Å². The Morgan fingerprint density at radius 3 is 3.00 bits per heavy atom. The topological polar surface area (TPSA) is 53.1 Å². The summed E-state index contributed by atoms with van der Waals surface area (Å²) in [6.07, 6.45) is 2.06. The molecule has 0 amide bonds. The smallest absolute Gasteiger partial charge is 0.124 e. The first kappa shape index (κ1) is 13.5. The predicted molar refractivity (Wildman–Crippen MR) is 74.0 cm³/mol. The third-order valence-corrected chi connectivity index (χ3v) is 4.09. The summed E-state index contributed by atoms with van der Waals surface area (Å²) in [5.41, 5.74) is 6.64. The number of nitrogens with zero attached hydrogens (tertiary/aromatic N) is 1. The highest BCUT2D eigenvalue weighted by molar-refractivity contribution is 9.10. The van der Waals surface area contributed by atoms with Crippen LogP contribution in [0, 0.1) is 17.1 Å². The van der Waals surface area contributed by atoms with E-state index >= 15 is 0 Å². The highest BCUT2D eigenvalue weighted by Gasteiger charge is 2.22. The fraction of sp³-hybridized carbons (Fsp3) is 0.462. The maximum atomic E-state index is 13.0. The van der Waals surface area contributed by atoms with Gasteiger partial charge in [0.25, 0.3) is 0 Å². The summed E-state index contributed by atoms with van der Waals surface area (Å²) in [6.45, 7) is 2.59. The summed E-state index contributed by atoms with van der Waals surface area (Å²) in [5.74, 6) is 0.210. The van der Waals surface area contributed by atoms with E-state index in [2.05, 4.69) is 20.8 Å². The van der Waals surface area contributed by atoms with Gasteiger partial charge in [-0.3, -0.25) is 10.3 Å². The monoisotopic (exact) mass is 313 g/mol. The van der Waals surface area contributed by atoms with Crippen molar-refractivity contribution < 1.29 is 4.39 Å². The van der Waals surface area contributed by atoms with E-state index in [4.69, 9.17) is 11.1 Å². The molecule has 1 aromatic carbocycles. The molecule has 0 saturated carbocycles. The lowest BCUT2D eigenvalue weighted by Gasteiger charge is -2.32. The van der Waals surface area contributed by atoms with Gasteiger partial charge < -0.3 is 5.73 Å². The Morgan fingerprint density at radius 2 is 2.33 bits per heavy atom. The molecule has 1 fully saturated rings. The normalized spacial score (nSPS) is 20.9. The Kier molecular flexibility index (Phi) is 4.35. The van der Waals surface area contributed by atoms with Crippen LogP contribution >= 0.6 is 15.9 Å². The minimum Gasteiger partial charge on any atom is -0.387 e. The third kappa shape index (κ3) is 3.29. The molecule has 1 aliphatic rings. The van der Waals surface area contributed by atoms with Gasteiger partial charge in [0, 0.05) is 23.5 Å². The molecule has 1 unspecified atom stereocenters. The van der Waals surface area contributed by atoms with Gasteiger partial charge in [-0.05, 0) is 37.1 Å². The Morgan fingerprint density at radius 1 is 1.56 bits per heavy atom. The van der Waals surface area contributed by atoms with Gasteiger partial charge in [-0.15, -0.1) is 0 Å². The van der Waals surface area contributed by atoms with Gasteiger partial charge >= 0.3 is 0 Å². The molecular formula is C13H17BrFN3. The van der Waals surface area contributed by atoms with E-state index in [1.807, 2.05) is 0 Å². The van der Waals surface area contributed by atoms with Crippen LogP contribution in [-0.4, -0.2) is 23.8 Å². The van der Waals surface area contributed by atoms with Crippen LogP contribution < -0.4 is 5.73 Å². The number of likely N-dealkylation sites (tertiary alicyclic amines) is 1. The lowest BCUT2D eigenvalue weighted by molar-refractivity contribution is 0.195. The Labute approximate surface area is 115 Å². The first-order valence-electron chi connectivity index (χ1n) is 6.06. The number of hydrogen-bond acceptors (Lipinski definition) is 2. The highest BCUT2D eigenvalue weighted by Crippen LogP contribution is 2.23. The number of rotatable bonds is 3. The first-order valence-corrected chi connectivity index (χ1v) is 6.86. The van der Waals surface area contributed by atoms with Gasteiger partial charge in [0.05, 0.1) is 5.84 Å². The van der Waals surface area contributed by atoms with Crippen LogP contribution in [0.15, 0.2) is 22.7 Å². The quantitative estimate of drug-likeness (QED) is 0.666. The molecule has 1 heterocycles. The molecule has 1 aromatic rings. The van der Waals surface area contributed by atoms with Gasteiger partial charge in [0.15, 0.2) is 0 Å². The molecule has 0 radical (unpaired) electrons. The van der Waals surface area contributed by atoms with Crippen molar-refractivity contribution in [2.75, 3.05) is 13.1 Å². The van der Waals surface area contributed by atoms with Crippen LogP contribution in [0.2, 0.25) is 0 Å². The molecule has 3 nitrogen and oxygen atoms in total. The van der Waals surface area contributed by atoms with E-state index in [-0.39, 0.29) is 17.6 Å². The standard InChI is InChI=1S/C13H17BrFN3/c14-12-6-11(15)4-3-9(12)7-18-5-1-2-10(8-18)13(16)17/h3-4,6,10H,1-2,5,7-8H2,(H3,16,17). The number of hydrogen-bond donors (Lipinski definition) is 2. The van der Waals surface area contributed by atoms with Crippen molar-refractivity contribution in [3.8, 4) is 0 Å². The summed E-state index contributed by atoms with van der Waals surface area (Å²) >= 11 is 3.38. The van der Waals surface area contributed by atoms with Crippen LogP contribution in [-0.2, 0) is 6.54 Å². The number of nitrogens with two attached hydrogens (primary N) is 1. The molecule has 18 heavy (non-hydrogen) atoms. The maximum absolute atomic E-state index is 13.0. The molecule has 1 atom stereocenters. The molecule has 1 aliphatic heterocycles. The van der Waals surface area contributed by atoms with Gasteiger partial charge in [-0.2, -0.15) is 0 Å². The molecule has 1 saturated heterocycles. The predicted octanol–water partition coefficient (Wildman–Crippen LogP) is 2.74. The summed E-state index contributed by atoms with van der Waals surface area (Å²) in [6, 6.07) is 4.77. The second kappa shape index (κ2) is 5.80. The number of benzene rings is 1. The lowest BCUT2D eigenvalue weighted by Crippen LogP contribution is -2.40. The van der Waals surface area contributed by atoms with Gasteiger partial charge in [0.1, 0.15) is 5.82 Å². The largest absolute Gasteiger partial charge is 0.387 e. The molecule has 2 rings (SSSR count). The summed E-state index contributed by atoms with van der Waals surface area (Å²) in [7, 11) is 0. The van der Waals surface area contributed by atoms with E-state index < -0.39 is 0 Å². The third-order valence-electron chi connectivity index (χ3n) is 3.35. The zero-order chi connectivity index (χ0) is 13.1. The van der Waals surface area contributed by atoms with E-state index in [9.17, 15) is 4.39 Å². The van der Waals surface area contributed by atoms with Crippen LogP contribution in [0.5, 0.6) is 0 Å². The zero-order valence-corrected chi connectivity index (χ0v) is 11.7. The number of piperidine rings is 1. The van der Waals surface area contributed by atoms with Gasteiger partial charge in [-0.25, -0.2) is 4.39 Å². The first-order chi connectivity index (χ1) is 8.56. The molecule has 98 valence electrons. The molecule has 0 aromatic heterocycles. The van der Waals surface area contributed by atoms with Gasteiger partial charge in [0.2, 0.25) is 0 Å². The Bertz CT molecular complexity index is 450. The number of amidine groups is 1. The van der Waals surface area contributed by atoms with E-state index in [1.54, 1.807) is 6.07 Å². The molecular weight excluding hydrogens is 297 g/mol. The summed E-state index contributed by atoms with van der Waals surface area (Å²) in [5, 5.41) is 7.52. The van der Waals surface area contributed by atoms with Crippen molar-refractivity contribution in [3.63, 3.8) is 0 Å². The minimum atomic E-state index is -0.231. The van der Waals surface area contributed by atoms with Crippen molar-refractivity contribution in [1.82, 2.24) is 4.90 Å².